The van der Waals surface area contributed by atoms with Crippen molar-refractivity contribution in [2.24, 2.45) is 5.10 Å². The molecular weight excluding hydrogens is 504 g/mol. The van der Waals surface area contributed by atoms with Gasteiger partial charge in [-0.05, 0) is 49.7 Å². The number of aryl methyl sites for hydroxylation is 2. The Kier molecular flexibility index (Phi) is 8.10. The monoisotopic (exact) mass is 524 g/mol. The van der Waals surface area contributed by atoms with E-state index in [1.54, 1.807) is 18.2 Å². The number of nitro groups is 1. The number of non-ortho nitro benzene ring substituents is 1. The Morgan fingerprint density at radius 3 is 2.65 bits per heavy atom. The van der Waals surface area contributed by atoms with Gasteiger partial charge in [0.1, 0.15) is 5.75 Å². The molecule has 0 bridgehead atoms. The van der Waals surface area contributed by atoms with E-state index in [0.717, 1.165) is 21.7 Å². The number of hydrogen-bond donors (Lipinski definition) is 2. The predicted molar refractivity (Wildman–Crippen MR) is 132 cm³/mol. The van der Waals surface area contributed by atoms with Gasteiger partial charge in [-0.3, -0.25) is 19.7 Å². The summed E-state index contributed by atoms with van der Waals surface area (Å²) in [5.74, 6) is -0.547. The summed E-state index contributed by atoms with van der Waals surface area (Å²) in [6, 6.07) is 16.2. The second kappa shape index (κ2) is 11.2. The van der Waals surface area contributed by atoms with Crippen molar-refractivity contribution in [3.05, 3.63) is 97.5 Å². The summed E-state index contributed by atoms with van der Waals surface area (Å²) >= 11 is 3.37. The quantitative estimate of drug-likeness (QED) is 0.250. The summed E-state index contributed by atoms with van der Waals surface area (Å²) < 4.78 is 6.40. The minimum atomic E-state index is -0.606. The second-order valence-electron chi connectivity index (χ2n) is 7.34. The molecule has 3 rings (SSSR count). The highest BCUT2D eigenvalue weighted by Gasteiger charge is 2.12. The molecule has 0 spiro atoms. The Balaban J connectivity index is 1.64. The molecule has 0 saturated carbocycles. The third kappa shape index (κ3) is 6.72. The average molecular weight is 525 g/mol. The summed E-state index contributed by atoms with van der Waals surface area (Å²) in [6.45, 7) is 3.66. The van der Waals surface area contributed by atoms with Crippen LogP contribution in [0.3, 0.4) is 0 Å². The summed E-state index contributed by atoms with van der Waals surface area (Å²) in [4.78, 5) is 34.9. The van der Waals surface area contributed by atoms with E-state index in [4.69, 9.17) is 4.74 Å². The first-order chi connectivity index (χ1) is 16.2. The number of nitrogens with one attached hydrogen (secondary N) is 2. The first-order valence-electron chi connectivity index (χ1n) is 10.1. The van der Waals surface area contributed by atoms with Gasteiger partial charge in [-0.25, -0.2) is 5.43 Å². The summed E-state index contributed by atoms with van der Waals surface area (Å²) in [7, 11) is 0. The Morgan fingerprint density at radius 1 is 1.12 bits per heavy atom. The maximum absolute atomic E-state index is 12.4. The van der Waals surface area contributed by atoms with E-state index >= 15 is 0 Å². The van der Waals surface area contributed by atoms with Crippen LogP contribution in [0.15, 0.2) is 70.2 Å². The van der Waals surface area contributed by atoms with Gasteiger partial charge in [0.2, 0.25) is 0 Å². The number of benzene rings is 3. The summed E-state index contributed by atoms with van der Waals surface area (Å²) in [5.41, 5.74) is 5.49. The van der Waals surface area contributed by atoms with Gasteiger partial charge in [0, 0.05) is 33.4 Å². The number of amides is 2. The van der Waals surface area contributed by atoms with Crippen LogP contribution in [-0.2, 0) is 4.79 Å². The van der Waals surface area contributed by atoms with Crippen LogP contribution in [0.2, 0.25) is 0 Å². The largest absolute Gasteiger partial charge is 0.483 e. The van der Waals surface area contributed by atoms with Crippen LogP contribution in [0.25, 0.3) is 0 Å². The van der Waals surface area contributed by atoms with Crippen LogP contribution in [0.1, 0.15) is 27.0 Å². The molecule has 9 nitrogen and oxygen atoms in total. The fraction of sp³-hybridized carbons (Fsp3) is 0.125. The molecule has 3 aromatic carbocycles. The van der Waals surface area contributed by atoms with Gasteiger partial charge < -0.3 is 10.1 Å². The van der Waals surface area contributed by atoms with E-state index in [1.165, 1.54) is 24.4 Å². The topological polar surface area (TPSA) is 123 Å². The molecule has 0 aliphatic heterocycles. The molecule has 2 amide bonds. The molecule has 10 heteroatoms. The number of rotatable bonds is 8. The van der Waals surface area contributed by atoms with Gasteiger partial charge in [0.05, 0.1) is 11.1 Å². The Labute approximate surface area is 204 Å². The summed E-state index contributed by atoms with van der Waals surface area (Å²) in [5, 5.41) is 17.6. The van der Waals surface area contributed by atoms with E-state index in [0.29, 0.717) is 17.0 Å². The number of nitrogens with zero attached hydrogens (tertiary/aromatic N) is 2. The van der Waals surface area contributed by atoms with Crippen molar-refractivity contribution in [1.29, 1.82) is 0 Å². The predicted octanol–water partition coefficient (Wildman–Crippen LogP) is 4.76. The lowest BCUT2D eigenvalue weighted by Gasteiger charge is -2.12. The normalized spacial score (nSPS) is 10.7. The fourth-order valence-electron chi connectivity index (χ4n) is 3.02. The van der Waals surface area contributed by atoms with E-state index in [-0.39, 0.29) is 23.8 Å². The zero-order valence-corrected chi connectivity index (χ0v) is 20.0. The van der Waals surface area contributed by atoms with Gasteiger partial charge >= 0.3 is 0 Å². The minimum absolute atomic E-state index is 0.0973. The molecular formula is C24H21BrN4O5. The lowest BCUT2D eigenvalue weighted by atomic mass is 10.1. The molecule has 174 valence electrons. The SMILES string of the molecule is Cc1ccc(NC(=O)COc2ccc(Br)cc2/C=N/NC(=O)c2cccc([N+](=O)[O-])c2)c(C)c1. The fourth-order valence-corrected chi connectivity index (χ4v) is 3.40. The Morgan fingerprint density at radius 2 is 1.91 bits per heavy atom. The molecule has 0 radical (unpaired) electrons. The van der Waals surface area contributed by atoms with E-state index in [2.05, 4.69) is 31.8 Å². The van der Waals surface area contributed by atoms with Crippen molar-refractivity contribution >= 4 is 45.3 Å². The molecule has 0 aliphatic rings. The van der Waals surface area contributed by atoms with Crippen LogP contribution in [0.5, 0.6) is 5.75 Å². The van der Waals surface area contributed by atoms with Gasteiger partial charge in [-0.2, -0.15) is 5.10 Å². The van der Waals surface area contributed by atoms with Crippen LogP contribution in [0.4, 0.5) is 11.4 Å². The average Bonchev–Trinajstić information content (AvgIpc) is 2.80. The molecule has 0 fully saturated rings. The van der Waals surface area contributed by atoms with Gasteiger partial charge in [-0.15, -0.1) is 0 Å². The maximum Gasteiger partial charge on any atom is 0.271 e. The van der Waals surface area contributed by atoms with Gasteiger partial charge in [0.15, 0.2) is 6.61 Å². The van der Waals surface area contributed by atoms with Crippen molar-refractivity contribution in [3.63, 3.8) is 0 Å². The highest BCUT2D eigenvalue weighted by Crippen LogP contribution is 2.22. The number of halogens is 1. The Hall–Kier alpha value is -4.05. The van der Waals surface area contributed by atoms with Crippen molar-refractivity contribution in [1.82, 2.24) is 5.43 Å². The number of anilines is 1. The van der Waals surface area contributed by atoms with Crippen molar-refractivity contribution in [3.8, 4) is 5.75 Å². The smallest absolute Gasteiger partial charge is 0.271 e. The van der Waals surface area contributed by atoms with Crippen LogP contribution >= 0.6 is 15.9 Å². The molecule has 0 aromatic heterocycles. The molecule has 0 aliphatic carbocycles. The molecule has 0 atom stereocenters. The van der Waals surface area contributed by atoms with Crippen LogP contribution in [0, 0.1) is 24.0 Å². The van der Waals surface area contributed by atoms with E-state index < -0.39 is 10.8 Å². The molecule has 34 heavy (non-hydrogen) atoms. The maximum atomic E-state index is 12.4. The van der Waals surface area contributed by atoms with Crippen LogP contribution in [-0.4, -0.2) is 29.6 Å². The highest BCUT2D eigenvalue weighted by molar-refractivity contribution is 9.10. The summed E-state index contributed by atoms with van der Waals surface area (Å²) in [6.07, 6.45) is 1.36. The number of carbonyl (C=O) groups excluding carboxylic acids is 2. The standard InChI is InChI=1S/C24H21BrN4O5/c1-15-6-8-21(16(2)10-15)27-23(30)14-34-22-9-7-19(25)11-18(22)13-26-28-24(31)17-4-3-5-20(12-17)29(32)33/h3-13H,14H2,1-2H3,(H,27,30)(H,28,31)/b26-13+. The second-order valence-corrected chi connectivity index (χ2v) is 8.26. The van der Waals surface area contributed by atoms with Gasteiger partial charge in [0.25, 0.3) is 17.5 Å². The molecule has 2 N–H and O–H groups in total. The third-order valence-corrected chi connectivity index (χ3v) is 5.17. The minimum Gasteiger partial charge on any atom is -0.483 e. The first-order valence-corrected chi connectivity index (χ1v) is 10.9. The molecule has 0 heterocycles. The molecule has 3 aromatic rings. The molecule has 0 saturated heterocycles. The third-order valence-electron chi connectivity index (χ3n) is 4.68. The number of nitro benzene ring substituents is 1. The van der Waals surface area contributed by atoms with Gasteiger partial charge in [-0.1, -0.05) is 39.7 Å². The van der Waals surface area contributed by atoms with Crippen LogP contribution < -0.4 is 15.5 Å². The number of ether oxygens (including phenoxy) is 1. The lowest BCUT2D eigenvalue weighted by molar-refractivity contribution is -0.384. The Bertz CT molecular complexity index is 1280. The highest BCUT2D eigenvalue weighted by atomic mass is 79.9. The van der Waals surface area contributed by atoms with Crippen molar-refractivity contribution < 1.29 is 19.2 Å². The van der Waals surface area contributed by atoms with Crippen molar-refractivity contribution in [2.45, 2.75) is 13.8 Å². The number of hydrazone groups is 1. The number of hydrogen-bond acceptors (Lipinski definition) is 6. The first kappa shape index (κ1) is 24.6. The molecule has 0 unspecified atom stereocenters. The lowest BCUT2D eigenvalue weighted by Crippen LogP contribution is -2.21. The zero-order valence-electron chi connectivity index (χ0n) is 18.4. The zero-order chi connectivity index (χ0) is 24.7. The van der Waals surface area contributed by atoms with E-state index in [9.17, 15) is 19.7 Å². The number of carbonyl (C=O) groups is 2. The van der Waals surface area contributed by atoms with Crippen molar-refractivity contribution in [2.75, 3.05) is 11.9 Å². The van der Waals surface area contributed by atoms with E-state index in [1.807, 2.05) is 32.0 Å².